The first-order chi connectivity index (χ1) is 16.9. The van der Waals surface area contributed by atoms with Crippen LogP contribution in [0, 0.1) is 0 Å². The number of imide groups is 1. The molecule has 184 valence electrons. The van der Waals surface area contributed by atoms with Crippen molar-refractivity contribution < 1.29 is 23.9 Å². The highest BCUT2D eigenvalue weighted by atomic mass is 79.9. The highest BCUT2D eigenvalue weighted by Crippen LogP contribution is 2.39. The molecule has 35 heavy (non-hydrogen) atoms. The number of carbonyl (C=O) groups excluding carboxylic acids is 3. The molecule has 7 nitrogen and oxygen atoms in total. The second-order valence-corrected chi connectivity index (χ2v) is 10.5. The molecular formula is C25H24BrClN2O5S. The molecule has 2 saturated heterocycles. The lowest BCUT2D eigenvalue weighted by atomic mass is 10.1. The van der Waals surface area contributed by atoms with Crippen molar-refractivity contribution in [3.05, 3.63) is 61.9 Å². The number of piperidine rings is 1. The van der Waals surface area contributed by atoms with Crippen LogP contribution in [0.3, 0.4) is 0 Å². The van der Waals surface area contributed by atoms with Crippen LogP contribution in [0.1, 0.15) is 30.4 Å². The van der Waals surface area contributed by atoms with E-state index >= 15 is 0 Å². The number of hydrogen-bond acceptors (Lipinski definition) is 6. The number of rotatable bonds is 7. The number of nitrogens with zero attached hydrogens (tertiary/aromatic N) is 2. The van der Waals surface area contributed by atoms with Gasteiger partial charge in [0.05, 0.1) is 17.0 Å². The number of thioether (sulfide) groups is 1. The second-order valence-electron chi connectivity index (χ2n) is 8.16. The number of ether oxygens (including phenoxy) is 2. The zero-order chi connectivity index (χ0) is 24.9. The Morgan fingerprint density at radius 2 is 1.86 bits per heavy atom. The van der Waals surface area contributed by atoms with Gasteiger partial charge in [-0.3, -0.25) is 19.3 Å². The highest BCUT2D eigenvalue weighted by molar-refractivity contribution is 9.10. The van der Waals surface area contributed by atoms with Crippen molar-refractivity contribution in [3.8, 4) is 11.5 Å². The summed E-state index contributed by atoms with van der Waals surface area (Å²) in [6.07, 6.45) is 4.55. The van der Waals surface area contributed by atoms with Gasteiger partial charge in [-0.2, -0.15) is 0 Å². The molecule has 2 heterocycles. The van der Waals surface area contributed by atoms with E-state index in [1.54, 1.807) is 23.1 Å². The maximum Gasteiger partial charge on any atom is 0.294 e. The summed E-state index contributed by atoms with van der Waals surface area (Å²) in [5.74, 6) is 0.0936. The van der Waals surface area contributed by atoms with Crippen LogP contribution in [0.25, 0.3) is 6.08 Å². The molecule has 2 aliphatic rings. The zero-order valence-corrected chi connectivity index (χ0v) is 22.2. The largest absolute Gasteiger partial charge is 0.493 e. The van der Waals surface area contributed by atoms with E-state index in [9.17, 15) is 14.4 Å². The van der Waals surface area contributed by atoms with Crippen molar-refractivity contribution in [2.45, 2.75) is 25.9 Å². The first-order valence-electron chi connectivity index (χ1n) is 11.1. The Hall–Kier alpha value is -2.49. The average Bonchev–Trinajstić information content (AvgIpc) is 3.11. The fourth-order valence-corrected chi connectivity index (χ4v) is 5.24. The lowest BCUT2D eigenvalue weighted by molar-refractivity contribution is -0.136. The number of carbonyl (C=O) groups is 3. The van der Waals surface area contributed by atoms with Crippen LogP contribution < -0.4 is 9.47 Å². The smallest absolute Gasteiger partial charge is 0.294 e. The van der Waals surface area contributed by atoms with Gasteiger partial charge in [-0.05, 0) is 72.5 Å². The molecule has 0 aromatic heterocycles. The number of methoxy groups -OCH3 is 1. The van der Waals surface area contributed by atoms with Gasteiger partial charge in [-0.15, -0.1) is 0 Å². The third-order valence-electron chi connectivity index (χ3n) is 5.72. The van der Waals surface area contributed by atoms with Gasteiger partial charge in [-0.1, -0.05) is 39.7 Å². The average molecular weight is 580 g/mol. The van der Waals surface area contributed by atoms with Crippen LogP contribution in [-0.2, 0) is 16.2 Å². The van der Waals surface area contributed by atoms with E-state index in [1.165, 1.54) is 7.11 Å². The molecule has 2 fully saturated rings. The fraction of sp³-hybridized carbons (Fsp3) is 0.320. The summed E-state index contributed by atoms with van der Waals surface area (Å²) in [6.45, 7) is 1.39. The SMILES string of the molecule is COc1cc(/C=C2\SC(=O)N(CC(=O)N3CCCCC3)C2=O)cc(Cl)c1OCc1ccc(Br)cc1. The van der Waals surface area contributed by atoms with Crippen molar-refractivity contribution >= 4 is 62.4 Å². The maximum atomic E-state index is 12.9. The van der Waals surface area contributed by atoms with Crippen LogP contribution in [0.5, 0.6) is 11.5 Å². The van der Waals surface area contributed by atoms with E-state index in [2.05, 4.69) is 15.9 Å². The number of likely N-dealkylation sites (tertiary alicyclic amines) is 1. The molecule has 0 aliphatic carbocycles. The molecular weight excluding hydrogens is 556 g/mol. The van der Waals surface area contributed by atoms with Gasteiger partial charge in [0.1, 0.15) is 13.2 Å². The minimum absolute atomic E-state index is 0.203. The van der Waals surface area contributed by atoms with Crippen molar-refractivity contribution in [3.63, 3.8) is 0 Å². The Bertz CT molecular complexity index is 1170. The predicted octanol–water partition coefficient (Wildman–Crippen LogP) is 5.74. The van der Waals surface area contributed by atoms with Gasteiger partial charge in [0.25, 0.3) is 11.1 Å². The first-order valence-corrected chi connectivity index (χ1v) is 13.1. The zero-order valence-electron chi connectivity index (χ0n) is 19.1. The first kappa shape index (κ1) is 25.6. The van der Waals surface area contributed by atoms with E-state index in [0.717, 1.165) is 46.0 Å². The topological polar surface area (TPSA) is 76.2 Å². The van der Waals surface area contributed by atoms with Gasteiger partial charge in [0.2, 0.25) is 5.91 Å². The third-order valence-corrected chi connectivity index (χ3v) is 7.44. The maximum absolute atomic E-state index is 12.9. The van der Waals surface area contributed by atoms with Crippen molar-refractivity contribution in [1.29, 1.82) is 0 Å². The van der Waals surface area contributed by atoms with Gasteiger partial charge in [0, 0.05) is 17.6 Å². The summed E-state index contributed by atoms with van der Waals surface area (Å²) in [5, 5.41) is -0.147. The Balaban J connectivity index is 1.47. The van der Waals surface area contributed by atoms with E-state index in [4.69, 9.17) is 21.1 Å². The summed E-state index contributed by atoms with van der Waals surface area (Å²) < 4.78 is 12.3. The van der Waals surface area contributed by atoms with Crippen LogP contribution in [0.15, 0.2) is 45.8 Å². The minimum atomic E-state index is -0.490. The molecule has 0 atom stereocenters. The molecule has 0 radical (unpaired) electrons. The molecule has 2 aromatic carbocycles. The van der Waals surface area contributed by atoms with E-state index < -0.39 is 11.1 Å². The Morgan fingerprint density at radius 1 is 1.14 bits per heavy atom. The van der Waals surface area contributed by atoms with Crippen LogP contribution in [-0.4, -0.2) is 53.6 Å². The van der Waals surface area contributed by atoms with E-state index in [-0.39, 0.29) is 17.4 Å². The predicted molar refractivity (Wildman–Crippen MR) is 140 cm³/mol. The van der Waals surface area contributed by atoms with Crippen LogP contribution in [0.2, 0.25) is 5.02 Å². The second kappa shape index (κ2) is 11.5. The fourth-order valence-electron chi connectivity index (χ4n) is 3.87. The van der Waals surface area contributed by atoms with Gasteiger partial charge >= 0.3 is 0 Å². The lowest BCUT2D eigenvalue weighted by Gasteiger charge is -2.27. The summed E-state index contributed by atoms with van der Waals surface area (Å²) in [6, 6.07) is 11.1. The normalized spacial score (nSPS) is 17.3. The number of amides is 3. The molecule has 0 saturated carbocycles. The summed E-state index contributed by atoms with van der Waals surface area (Å²) in [7, 11) is 1.50. The number of hydrogen-bond donors (Lipinski definition) is 0. The summed E-state index contributed by atoms with van der Waals surface area (Å²) in [4.78, 5) is 40.9. The molecule has 2 aromatic rings. The van der Waals surface area contributed by atoms with Crippen LogP contribution in [0.4, 0.5) is 4.79 Å². The van der Waals surface area contributed by atoms with E-state index in [0.29, 0.717) is 41.8 Å². The lowest BCUT2D eigenvalue weighted by Crippen LogP contribution is -2.44. The molecule has 2 aliphatic heterocycles. The standard InChI is InChI=1S/C25H24BrClN2O5S/c1-33-20-12-17(11-19(27)23(20)34-15-16-5-7-18(26)8-6-16)13-21-24(31)29(25(32)35-21)14-22(30)28-9-3-2-4-10-28/h5-8,11-13H,2-4,9-10,14-15H2,1H3/b21-13-. The molecule has 0 bridgehead atoms. The number of benzene rings is 2. The van der Waals surface area contributed by atoms with Gasteiger partial charge < -0.3 is 14.4 Å². The summed E-state index contributed by atoms with van der Waals surface area (Å²) in [5.41, 5.74) is 1.54. The molecule has 0 spiro atoms. The summed E-state index contributed by atoms with van der Waals surface area (Å²) >= 11 is 10.7. The van der Waals surface area contributed by atoms with Crippen molar-refractivity contribution in [2.75, 3.05) is 26.7 Å². The molecule has 0 N–H and O–H groups in total. The Kier molecular flexibility index (Phi) is 8.41. The third kappa shape index (κ3) is 6.20. The molecule has 4 rings (SSSR count). The Morgan fingerprint density at radius 3 is 2.54 bits per heavy atom. The van der Waals surface area contributed by atoms with Crippen molar-refractivity contribution in [1.82, 2.24) is 9.80 Å². The Labute approximate surface area is 221 Å². The monoisotopic (exact) mass is 578 g/mol. The van der Waals surface area contributed by atoms with Gasteiger partial charge in [-0.25, -0.2) is 0 Å². The molecule has 0 unspecified atom stereocenters. The molecule has 3 amide bonds. The quantitative estimate of drug-likeness (QED) is 0.390. The number of halogens is 2. The van der Waals surface area contributed by atoms with Crippen LogP contribution >= 0.6 is 39.3 Å². The van der Waals surface area contributed by atoms with Crippen molar-refractivity contribution in [2.24, 2.45) is 0 Å². The highest BCUT2D eigenvalue weighted by Gasteiger charge is 2.37. The van der Waals surface area contributed by atoms with E-state index in [1.807, 2.05) is 24.3 Å². The minimum Gasteiger partial charge on any atom is -0.493 e. The van der Waals surface area contributed by atoms with Gasteiger partial charge in [0.15, 0.2) is 11.5 Å². The molecule has 10 heteroatoms.